The minimum atomic E-state index is -0.00792. The lowest BCUT2D eigenvalue weighted by atomic mass is 10.0. The molecule has 0 N–H and O–H groups in total. The molecule has 1 saturated carbocycles. The van der Waals surface area contributed by atoms with Crippen LogP contribution in [-0.4, -0.2) is 4.98 Å². The van der Waals surface area contributed by atoms with E-state index < -0.39 is 0 Å². The summed E-state index contributed by atoms with van der Waals surface area (Å²) >= 11 is 0. The second-order valence-electron chi connectivity index (χ2n) is 3.39. The molecule has 0 unspecified atom stereocenters. The van der Waals surface area contributed by atoms with Crippen molar-refractivity contribution in [1.82, 2.24) is 4.98 Å². The highest BCUT2D eigenvalue weighted by molar-refractivity contribution is 5.36. The van der Waals surface area contributed by atoms with Crippen molar-refractivity contribution in [3.05, 3.63) is 29.6 Å². The molecule has 0 spiro atoms. The Labute approximate surface area is 72.8 Å². The molecular weight excluding hydrogens is 146 g/mol. The zero-order valence-corrected chi connectivity index (χ0v) is 7.17. The quantitative estimate of drug-likeness (QED) is 0.568. The van der Waals surface area contributed by atoms with Gasteiger partial charge in [-0.3, -0.25) is 4.98 Å². The zero-order valence-electron chi connectivity index (χ0n) is 7.17. The second kappa shape index (κ2) is 2.35. The van der Waals surface area contributed by atoms with Crippen molar-refractivity contribution in [2.24, 2.45) is 0 Å². The van der Waals surface area contributed by atoms with Crippen molar-refractivity contribution in [1.29, 1.82) is 0 Å². The smallest absolute Gasteiger partial charge is 0.0733 e. The lowest BCUT2D eigenvalue weighted by Crippen LogP contribution is -2.05. The van der Waals surface area contributed by atoms with E-state index in [0.29, 0.717) is 0 Å². The van der Waals surface area contributed by atoms with Gasteiger partial charge in [-0.2, -0.15) is 0 Å². The van der Waals surface area contributed by atoms with Gasteiger partial charge in [0, 0.05) is 5.69 Å². The predicted molar refractivity (Wildman–Crippen MR) is 48.7 cm³/mol. The number of nitrogens with zero attached hydrogens (tertiary/aromatic N) is 1. The van der Waals surface area contributed by atoms with Crippen LogP contribution in [0.3, 0.4) is 0 Å². The van der Waals surface area contributed by atoms with E-state index in [4.69, 9.17) is 6.42 Å². The van der Waals surface area contributed by atoms with E-state index in [1.165, 1.54) is 0 Å². The van der Waals surface area contributed by atoms with Gasteiger partial charge in [0.15, 0.2) is 0 Å². The predicted octanol–water partition coefficient (Wildman–Crippen LogP) is 2.05. The van der Waals surface area contributed by atoms with Crippen molar-refractivity contribution in [2.75, 3.05) is 0 Å². The van der Waals surface area contributed by atoms with Gasteiger partial charge in [0.1, 0.15) is 0 Å². The Morgan fingerprint density at radius 3 is 2.75 bits per heavy atom. The van der Waals surface area contributed by atoms with Crippen molar-refractivity contribution < 1.29 is 0 Å². The Morgan fingerprint density at radius 2 is 2.25 bits per heavy atom. The molecule has 1 heterocycles. The van der Waals surface area contributed by atoms with Crippen LogP contribution in [0.15, 0.2) is 18.2 Å². The topological polar surface area (TPSA) is 12.9 Å². The SMILES string of the molecule is C#CC1(c2cccc(C)n2)CC1. The third-order valence-electron chi connectivity index (χ3n) is 2.40. The molecule has 1 aliphatic rings. The molecule has 60 valence electrons. The first-order chi connectivity index (χ1) is 5.77. The van der Waals surface area contributed by atoms with Gasteiger partial charge in [-0.1, -0.05) is 12.0 Å². The van der Waals surface area contributed by atoms with Crippen LogP contribution < -0.4 is 0 Å². The molecule has 1 aliphatic carbocycles. The minimum absolute atomic E-state index is 0.00792. The Bertz CT molecular complexity index is 342. The number of hydrogen-bond donors (Lipinski definition) is 0. The van der Waals surface area contributed by atoms with Crippen LogP contribution in [-0.2, 0) is 5.41 Å². The summed E-state index contributed by atoms with van der Waals surface area (Å²) in [6, 6.07) is 6.05. The lowest BCUT2D eigenvalue weighted by Gasteiger charge is -2.06. The summed E-state index contributed by atoms with van der Waals surface area (Å²) in [7, 11) is 0. The minimum Gasteiger partial charge on any atom is -0.257 e. The molecule has 0 saturated heterocycles. The maximum absolute atomic E-state index is 5.46. The lowest BCUT2D eigenvalue weighted by molar-refractivity contribution is 0.860. The first kappa shape index (κ1) is 7.36. The Balaban J connectivity index is 2.42. The molecule has 1 nitrogen and oxygen atoms in total. The highest BCUT2D eigenvalue weighted by atomic mass is 14.7. The number of aromatic nitrogens is 1. The number of hydrogen-bond acceptors (Lipinski definition) is 1. The first-order valence-electron chi connectivity index (χ1n) is 4.19. The average Bonchev–Trinajstić information content (AvgIpc) is 2.84. The monoisotopic (exact) mass is 157 g/mol. The van der Waals surface area contributed by atoms with E-state index in [-0.39, 0.29) is 5.41 Å². The molecule has 1 heteroatoms. The molecule has 2 rings (SSSR count). The fourth-order valence-electron chi connectivity index (χ4n) is 1.41. The third-order valence-corrected chi connectivity index (χ3v) is 2.40. The van der Waals surface area contributed by atoms with Crippen molar-refractivity contribution in [3.8, 4) is 12.3 Å². The maximum Gasteiger partial charge on any atom is 0.0733 e. The van der Waals surface area contributed by atoms with Crippen LogP contribution in [0.5, 0.6) is 0 Å². The van der Waals surface area contributed by atoms with Gasteiger partial charge in [-0.05, 0) is 31.9 Å². The average molecular weight is 157 g/mol. The second-order valence-corrected chi connectivity index (χ2v) is 3.39. The van der Waals surface area contributed by atoms with E-state index in [9.17, 15) is 0 Å². The summed E-state index contributed by atoms with van der Waals surface area (Å²) in [4.78, 5) is 4.44. The molecule has 0 bridgehead atoms. The fourth-order valence-corrected chi connectivity index (χ4v) is 1.41. The summed E-state index contributed by atoms with van der Waals surface area (Å²) < 4.78 is 0. The van der Waals surface area contributed by atoms with Gasteiger partial charge >= 0.3 is 0 Å². The summed E-state index contributed by atoms with van der Waals surface area (Å²) in [6.45, 7) is 2.00. The van der Waals surface area contributed by atoms with Gasteiger partial charge < -0.3 is 0 Å². The Morgan fingerprint density at radius 1 is 1.50 bits per heavy atom. The molecule has 0 aliphatic heterocycles. The molecule has 0 amide bonds. The van der Waals surface area contributed by atoms with Gasteiger partial charge in [-0.15, -0.1) is 6.42 Å². The van der Waals surface area contributed by atoms with Crippen molar-refractivity contribution in [2.45, 2.75) is 25.2 Å². The summed E-state index contributed by atoms with van der Waals surface area (Å²) in [5.74, 6) is 2.83. The van der Waals surface area contributed by atoms with Gasteiger partial charge in [-0.25, -0.2) is 0 Å². The summed E-state index contributed by atoms with van der Waals surface area (Å²) in [5.41, 5.74) is 2.12. The van der Waals surface area contributed by atoms with E-state index in [1.54, 1.807) is 0 Å². The van der Waals surface area contributed by atoms with Crippen molar-refractivity contribution in [3.63, 3.8) is 0 Å². The molecular formula is C11H11N. The molecule has 1 aromatic rings. The fraction of sp³-hybridized carbons (Fsp3) is 0.364. The third kappa shape index (κ3) is 1.00. The van der Waals surface area contributed by atoms with E-state index >= 15 is 0 Å². The molecule has 0 radical (unpaired) electrons. The van der Waals surface area contributed by atoms with Crippen LogP contribution in [0, 0.1) is 19.3 Å². The zero-order chi connectivity index (χ0) is 8.60. The first-order valence-corrected chi connectivity index (χ1v) is 4.19. The Kier molecular flexibility index (Phi) is 1.44. The van der Waals surface area contributed by atoms with E-state index in [1.807, 2.05) is 25.1 Å². The van der Waals surface area contributed by atoms with Crippen LogP contribution in [0.1, 0.15) is 24.2 Å². The summed E-state index contributed by atoms with van der Waals surface area (Å²) in [6.07, 6.45) is 7.66. The molecule has 0 aromatic carbocycles. The van der Waals surface area contributed by atoms with Gasteiger partial charge in [0.25, 0.3) is 0 Å². The largest absolute Gasteiger partial charge is 0.257 e. The molecule has 0 atom stereocenters. The van der Waals surface area contributed by atoms with Crippen LogP contribution >= 0.6 is 0 Å². The normalized spacial score (nSPS) is 18.3. The Hall–Kier alpha value is -1.29. The number of aryl methyl sites for hydroxylation is 1. The van der Waals surface area contributed by atoms with Gasteiger partial charge in [0.05, 0.1) is 11.1 Å². The van der Waals surface area contributed by atoms with Gasteiger partial charge in [0.2, 0.25) is 0 Å². The molecule has 1 fully saturated rings. The van der Waals surface area contributed by atoms with Crippen LogP contribution in [0.4, 0.5) is 0 Å². The number of rotatable bonds is 1. The number of terminal acetylenes is 1. The standard InChI is InChI=1S/C11H11N/c1-3-11(7-8-11)10-6-4-5-9(2)12-10/h1,4-6H,7-8H2,2H3. The van der Waals surface area contributed by atoms with E-state index in [2.05, 4.69) is 10.9 Å². The van der Waals surface area contributed by atoms with Crippen molar-refractivity contribution >= 4 is 0 Å². The van der Waals surface area contributed by atoms with E-state index in [0.717, 1.165) is 24.2 Å². The highest BCUT2D eigenvalue weighted by Crippen LogP contribution is 2.46. The van der Waals surface area contributed by atoms with Crippen LogP contribution in [0.2, 0.25) is 0 Å². The summed E-state index contributed by atoms with van der Waals surface area (Å²) in [5, 5.41) is 0. The molecule has 12 heavy (non-hydrogen) atoms. The number of pyridine rings is 1. The molecule has 1 aromatic heterocycles. The highest BCUT2D eigenvalue weighted by Gasteiger charge is 2.43. The maximum atomic E-state index is 5.46. The van der Waals surface area contributed by atoms with Crippen LogP contribution in [0.25, 0.3) is 0 Å².